The van der Waals surface area contributed by atoms with Gasteiger partial charge in [-0.25, -0.2) is 0 Å². The number of carbonyl (C=O) groups is 1. The zero-order chi connectivity index (χ0) is 14.8. The highest BCUT2D eigenvalue weighted by molar-refractivity contribution is 6.04. The number of anilines is 2. The molecule has 1 amide bonds. The molecule has 110 valence electrons. The summed E-state index contributed by atoms with van der Waals surface area (Å²) in [6.45, 7) is 3.52. The molecule has 1 aliphatic rings. The molecule has 1 aliphatic heterocycles. The SMILES string of the molecule is COC1CN(c2ccc(NC(=O)c3cnoc3C)cc2)C1. The van der Waals surface area contributed by atoms with Crippen molar-refractivity contribution in [3.8, 4) is 0 Å². The Balaban J connectivity index is 1.62. The van der Waals surface area contributed by atoms with Crippen molar-refractivity contribution in [3.05, 3.63) is 41.8 Å². The lowest BCUT2D eigenvalue weighted by Crippen LogP contribution is -2.51. The number of rotatable bonds is 4. The Morgan fingerprint density at radius 2 is 2.10 bits per heavy atom. The van der Waals surface area contributed by atoms with E-state index in [0.29, 0.717) is 17.4 Å². The topological polar surface area (TPSA) is 67.6 Å². The van der Waals surface area contributed by atoms with Gasteiger partial charge in [0.1, 0.15) is 11.3 Å². The molecule has 2 aromatic rings. The summed E-state index contributed by atoms with van der Waals surface area (Å²) in [4.78, 5) is 14.3. The maximum absolute atomic E-state index is 12.0. The molecule has 0 spiro atoms. The van der Waals surface area contributed by atoms with Crippen LogP contribution >= 0.6 is 0 Å². The van der Waals surface area contributed by atoms with E-state index in [2.05, 4.69) is 15.4 Å². The van der Waals surface area contributed by atoms with Crippen molar-refractivity contribution in [2.45, 2.75) is 13.0 Å². The van der Waals surface area contributed by atoms with Gasteiger partial charge in [0.2, 0.25) is 0 Å². The van der Waals surface area contributed by atoms with E-state index >= 15 is 0 Å². The van der Waals surface area contributed by atoms with Crippen LogP contribution in [0, 0.1) is 6.92 Å². The van der Waals surface area contributed by atoms with Crippen LogP contribution in [0.15, 0.2) is 35.0 Å². The molecule has 1 fully saturated rings. The van der Waals surface area contributed by atoms with Crippen molar-refractivity contribution in [1.29, 1.82) is 0 Å². The minimum atomic E-state index is -0.218. The van der Waals surface area contributed by atoms with Crippen molar-refractivity contribution in [3.63, 3.8) is 0 Å². The molecular weight excluding hydrogens is 270 g/mol. The Labute approximate surface area is 122 Å². The van der Waals surface area contributed by atoms with Crippen LogP contribution in [0.5, 0.6) is 0 Å². The maximum Gasteiger partial charge on any atom is 0.260 e. The third-order valence-electron chi connectivity index (χ3n) is 3.67. The third-order valence-corrected chi connectivity index (χ3v) is 3.67. The van der Waals surface area contributed by atoms with Gasteiger partial charge in [0.15, 0.2) is 0 Å². The standard InChI is InChI=1S/C15H17N3O3/c1-10-14(7-16-21-10)15(19)17-11-3-5-12(6-4-11)18-8-13(9-18)20-2/h3-7,13H,8-9H2,1-2H3,(H,17,19). The predicted molar refractivity (Wildman–Crippen MR) is 78.6 cm³/mol. The number of hydrogen-bond donors (Lipinski definition) is 1. The van der Waals surface area contributed by atoms with Crippen LogP contribution in [0.1, 0.15) is 16.1 Å². The van der Waals surface area contributed by atoms with Gasteiger partial charge in [-0.3, -0.25) is 4.79 Å². The van der Waals surface area contributed by atoms with E-state index in [1.165, 1.54) is 6.20 Å². The second-order valence-corrected chi connectivity index (χ2v) is 5.06. The van der Waals surface area contributed by atoms with Crippen LogP contribution in [0.4, 0.5) is 11.4 Å². The summed E-state index contributed by atoms with van der Waals surface area (Å²) in [7, 11) is 1.73. The van der Waals surface area contributed by atoms with E-state index in [1.54, 1.807) is 14.0 Å². The van der Waals surface area contributed by atoms with Crippen molar-refractivity contribution in [2.24, 2.45) is 0 Å². The molecular formula is C15H17N3O3. The molecule has 6 heteroatoms. The van der Waals surface area contributed by atoms with Crippen LogP contribution < -0.4 is 10.2 Å². The van der Waals surface area contributed by atoms with Gasteiger partial charge in [0.05, 0.1) is 12.3 Å². The fourth-order valence-electron chi connectivity index (χ4n) is 2.27. The van der Waals surface area contributed by atoms with Gasteiger partial charge in [-0.1, -0.05) is 5.16 Å². The molecule has 6 nitrogen and oxygen atoms in total. The summed E-state index contributed by atoms with van der Waals surface area (Å²) in [5.41, 5.74) is 2.32. The normalized spacial score (nSPS) is 14.9. The smallest absolute Gasteiger partial charge is 0.260 e. The summed E-state index contributed by atoms with van der Waals surface area (Å²) in [5.74, 6) is 0.292. The fourth-order valence-corrected chi connectivity index (χ4v) is 2.27. The van der Waals surface area contributed by atoms with Crippen molar-refractivity contribution >= 4 is 17.3 Å². The van der Waals surface area contributed by atoms with Crippen molar-refractivity contribution in [2.75, 3.05) is 30.4 Å². The first-order valence-electron chi connectivity index (χ1n) is 6.78. The minimum absolute atomic E-state index is 0.218. The molecule has 0 aliphatic carbocycles. The van der Waals surface area contributed by atoms with Crippen LogP contribution in [0.25, 0.3) is 0 Å². The quantitative estimate of drug-likeness (QED) is 0.932. The summed E-state index contributed by atoms with van der Waals surface area (Å²) in [6.07, 6.45) is 1.74. The number of benzene rings is 1. The van der Waals surface area contributed by atoms with Gasteiger partial charge in [-0.15, -0.1) is 0 Å². The molecule has 0 saturated carbocycles. The first-order valence-corrected chi connectivity index (χ1v) is 6.78. The van der Waals surface area contributed by atoms with Gasteiger partial charge in [0.25, 0.3) is 5.91 Å². The Bertz CT molecular complexity index is 630. The lowest BCUT2D eigenvalue weighted by atomic mass is 10.1. The van der Waals surface area contributed by atoms with Crippen LogP contribution in [0.2, 0.25) is 0 Å². The Morgan fingerprint density at radius 3 is 2.67 bits per heavy atom. The molecule has 1 aromatic carbocycles. The summed E-state index contributed by atoms with van der Waals surface area (Å²) >= 11 is 0. The molecule has 0 atom stereocenters. The molecule has 21 heavy (non-hydrogen) atoms. The lowest BCUT2D eigenvalue weighted by Gasteiger charge is -2.40. The number of aromatic nitrogens is 1. The van der Waals surface area contributed by atoms with Crippen LogP contribution in [-0.2, 0) is 4.74 Å². The molecule has 0 radical (unpaired) electrons. The highest BCUT2D eigenvalue weighted by Gasteiger charge is 2.26. The number of nitrogens with one attached hydrogen (secondary N) is 1. The van der Waals surface area contributed by atoms with Gasteiger partial charge in [-0.05, 0) is 31.2 Å². The average Bonchev–Trinajstić information content (AvgIpc) is 2.86. The Morgan fingerprint density at radius 1 is 1.38 bits per heavy atom. The van der Waals surface area contributed by atoms with E-state index in [1.807, 2.05) is 24.3 Å². The second-order valence-electron chi connectivity index (χ2n) is 5.06. The number of ether oxygens (including phenoxy) is 1. The first kappa shape index (κ1) is 13.6. The first-order chi connectivity index (χ1) is 10.2. The number of amides is 1. The predicted octanol–water partition coefficient (Wildman–Crippen LogP) is 2.07. The van der Waals surface area contributed by atoms with E-state index in [-0.39, 0.29) is 5.91 Å². The molecule has 1 aromatic heterocycles. The van der Waals surface area contributed by atoms with E-state index in [9.17, 15) is 4.79 Å². The monoisotopic (exact) mass is 287 g/mol. The van der Waals surface area contributed by atoms with Gasteiger partial charge in [0, 0.05) is 31.6 Å². The number of carbonyl (C=O) groups excluding carboxylic acids is 1. The summed E-state index contributed by atoms with van der Waals surface area (Å²) in [6, 6.07) is 7.75. The zero-order valence-corrected chi connectivity index (χ0v) is 12.0. The molecule has 1 saturated heterocycles. The largest absolute Gasteiger partial charge is 0.378 e. The molecule has 2 heterocycles. The number of aryl methyl sites for hydroxylation is 1. The van der Waals surface area contributed by atoms with E-state index < -0.39 is 0 Å². The van der Waals surface area contributed by atoms with Gasteiger partial charge in [-0.2, -0.15) is 0 Å². The summed E-state index contributed by atoms with van der Waals surface area (Å²) in [5, 5.41) is 6.43. The van der Waals surface area contributed by atoms with Crippen molar-refractivity contribution in [1.82, 2.24) is 5.16 Å². The van der Waals surface area contributed by atoms with Crippen LogP contribution in [0.3, 0.4) is 0 Å². The highest BCUT2D eigenvalue weighted by Crippen LogP contribution is 2.24. The fraction of sp³-hybridized carbons (Fsp3) is 0.333. The second kappa shape index (κ2) is 5.57. The van der Waals surface area contributed by atoms with Gasteiger partial charge >= 0.3 is 0 Å². The Hall–Kier alpha value is -2.34. The van der Waals surface area contributed by atoms with Crippen LogP contribution in [-0.4, -0.2) is 37.4 Å². The number of methoxy groups -OCH3 is 1. The molecule has 0 bridgehead atoms. The maximum atomic E-state index is 12.0. The highest BCUT2D eigenvalue weighted by atomic mass is 16.5. The minimum Gasteiger partial charge on any atom is -0.378 e. The third kappa shape index (κ3) is 2.75. The van der Waals surface area contributed by atoms with E-state index in [0.717, 1.165) is 24.5 Å². The zero-order valence-electron chi connectivity index (χ0n) is 12.0. The summed E-state index contributed by atoms with van der Waals surface area (Å²) < 4.78 is 10.1. The molecule has 1 N–H and O–H groups in total. The molecule has 0 unspecified atom stereocenters. The lowest BCUT2D eigenvalue weighted by molar-refractivity contribution is 0.0788. The van der Waals surface area contributed by atoms with E-state index in [4.69, 9.17) is 9.26 Å². The number of hydrogen-bond acceptors (Lipinski definition) is 5. The number of nitrogens with zero attached hydrogens (tertiary/aromatic N) is 2. The Kier molecular flexibility index (Phi) is 3.62. The van der Waals surface area contributed by atoms with Crippen molar-refractivity contribution < 1.29 is 14.1 Å². The van der Waals surface area contributed by atoms with Gasteiger partial charge < -0.3 is 19.5 Å². The average molecular weight is 287 g/mol. The molecule has 3 rings (SSSR count).